The van der Waals surface area contributed by atoms with Crippen molar-refractivity contribution in [2.75, 3.05) is 0 Å². The van der Waals surface area contributed by atoms with Gasteiger partial charge in [-0.05, 0) is 216 Å². The molecule has 0 saturated carbocycles. The van der Waals surface area contributed by atoms with E-state index in [1.165, 1.54) is 0 Å². The number of rotatable bonds is 7. The van der Waals surface area contributed by atoms with Crippen LogP contribution in [0, 0.1) is 52.5 Å². The zero-order valence-corrected chi connectivity index (χ0v) is 45.0. The number of hydrogen-bond acceptors (Lipinski definition) is 1. The molecule has 0 N–H and O–H groups in total. The number of nitrogens with zero attached hydrogens (tertiary/aromatic N) is 4. The average molecular weight is 1110 g/mol. The first-order valence-electron chi connectivity index (χ1n) is 26.3. The molecule has 0 unspecified atom stereocenters. The molecule has 0 bridgehead atoms. The van der Waals surface area contributed by atoms with Crippen LogP contribution in [0.1, 0.15) is 50.1 Å². The fourth-order valence-corrected chi connectivity index (χ4v) is 11.8. The second-order valence-electron chi connectivity index (χ2n) is 21.4. The quantitative estimate of drug-likeness (QED) is 0.116. The number of halogens is 9. The lowest BCUT2D eigenvalue weighted by atomic mass is 9.96. The fourth-order valence-electron chi connectivity index (χ4n) is 11.8. The van der Waals surface area contributed by atoms with Crippen LogP contribution in [-0.2, 0) is 18.5 Å². The third kappa shape index (κ3) is 9.82. The molecular formula is C70H45F9N4. The lowest BCUT2D eigenvalue weighted by Crippen LogP contribution is -2.05. The Hall–Kier alpha value is -9.85. The molecule has 0 aliphatic rings. The molecule has 2 aromatic heterocycles. The Balaban J connectivity index is 1.21. The molecule has 0 aliphatic carbocycles. The summed E-state index contributed by atoms with van der Waals surface area (Å²) in [5.74, 6) is 0. The minimum atomic E-state index is -4.65. The number of aryl methyl sites for hydroxylation is 5. The number of fused-ring (bicyclic) bond motifs is 6. The molecule has 0 fully saturated rings. The van der Waals surface area contributed by atoms with E-state index in [0.717, 1.165) is 64.0 Å². The Morgan fingerprint density at radius 2 is 0.699 bits per heavy atom. The highest BCUT2D eigenvalue weighted by Gasteiger charge is 2.34. The first-order valence-corrected chi connectivity index (χ1v) is 26.3. The number of alkyl halides is 9. The van der Waals surface area contributed by atoms with Crippen LogP contribution in [0.4, 0.5) is 45.2 Å². The fraction of sp³-hybridized carbons (Fsp3) is 0.114. The Labute approximate surface area is 471 Å². The number of aromatic nitrogens is 2. The van der Waals surface area contributed by atoms with Gasteiger partial charge in [0.05, 0.1) is 68.3 Å². The zero-order valence-electron chi connectivity index (χ0n) is 45.0. The van der Waals surface area contributed by atoms with Gasteiger partial charge in [-0.1, -0.05) is 83.9 Å². The molecule has 13 heteroatoms. The maximum atomic E-state index is 14.4. The smallest absolute Gasteiger partial charge is 0.308 e. The number of hydrogen-bond donors (Lipinski definition) is 0. The molecule has 12 aromatic rings. The van der Waals surface area contributed by atoms with Crippen molar-refractivity contribution < 1.29 is 39.5 Å². The van der Waals surface area contributed by atoms with Crippen LogP contribution in [0.5, 0.6) is 0 Å². The first-order chi connectivity index (χ1) is 39.4. The van der Waals surface area contributed by atoms with Crippen LogP contribution in [-0.4, -0.2) is 9.13 Å². The third-order valence-corrected chi connectivity index (χ3v) is 15.3. The summed E-state index contributed by atoms with van der Waals surface area (Å²) in [6.45, 7) is 17.5. The molecule has 4 nitrogen and oxygen atoms in total. The van der Waals surface area contributed by atoms with Crippen molar-refractivity contribution in [1.29, 1.82) is 5.26 Å². The van der Waals surface area contributed by atoms with E-state index in [-0.39, 0.29) is 16.8 Å². The van der Waals surface area contributed by atoms with Gasteiger partial charge in [0, 0.05) is 21.5 Å². The largest absolute Gasteiger partial charge is 0.416 e. The molecule has 10 aromatic carbocycles. The number of nitriles is 1. The van der Waals surface area contributed by atoms with Gasteiger partial charge in [0.25, 0.3) is 0 Å². The maximum Gasteiger partial charge on any atom is 0.416 e. The Bertz CT molecular complexity index is 4640. The molecule has 2 heterocycles. The van der Waals surface area contributed by atoms with Crippen LogP contribution in [0.15, 0.2) is 182 Å². The monoisotopic (exact) mass is 1110 g/mol. The molecule has 0 radical (unpaired) electrons. The lowest BCUT2D eigenvalue weighted by Gasteiger charge is -2.20. The SMILES string of the molecule is [C-]#[N+]c1cc(-n2c3ccc(-c4cc(C)cc(C)c4)cc3c3cc(-c4cc(C)cc(C(F)(F)F)c4)ccc32)c(-n2c3ccc(-c4cc(C)cc(C(F)(F)F)c4)cc3c3cc(-c4cc(C)cc(C(F)(F)F)c4)ccc32)cc1-c1cccc(C#N)c1. The second-order valence-corrected chi connectivity index (χ2v) is 21.4. The molecule has 12 rings (SSSR count). The highest BCUT2D eigenvalue weighted by atomic mass is 19.4. The summed E-state index contributed by atoms with van der Waals surface area (Å²) in [4.78, 5) is 4.09. The van der Waals surface area contributed by atoms with Crippen molar-refractivity contribution >= 4 is 49.3 Å². The normalized spacial score (nSPS) is 12.2. The molecule has 0 aliphatic heterocycles. The van der Waals surface area contributed by atoms with E-state index in [1.807, 2.05) is 53.3 Å². The van der Waals surface area contributed by atoms with Crippen molar-refractivity contribution in [2.24, 2.45) is 0 Å². The average Bonchev–Trinajstić information content (AvgIpc) is 1.82. The van der Waals surface area contributed by atoms with Crippen LogP contribution < -0.4 is 0 Å². The van der Waals surface area contributed by atoms with Crippen LogP contribution in [0.3, 0.4) is 0 Å². The van der Waals surface area contributed by atoms with E-state index in [2.05, 4.69) is 35.2 Å². The van der Waals surface area contributed by atoms with Crippen molar-refractivity contribution in [3.8, 4) is 73.1 Å². The summed E-state index contributed by atoms with van der Waals surface area (Å²) >= 11 is 0. The van der Waals surface area contributed by atoms with Crippen LogP contribution in [0.25, 0.3) is 115 Å². The Morgan fingerprint density at radius 1 is 0.361 bits per heavy atom. The summed E-state index contributed by atoms with van der Waals surface area (Å²) < 4.78 is 133. The molecule has 83 heavy (non-hydrogen) atoms. The molecule has 408 valence electrons. The van der Waals surface area contributed by atoms with Gasteiger partial charge < -0.3 is 9.13 Å². The van der Waals surface area contributed by atoms with E-state index < -0.39 is 35.2 Å². The number of benzene rings is 10. The van der Waals surface area contributed by atoms with Gasteiger partial charge in [-0.3, -0.25) is 0 Å². The van der Waals surface area contributed by atoms with E-state index >= 15 is 0 Å². The van der Waals surface area contributed by atoms with Crippen molar-refractivity contribution in [1.82, 2.24) is 9.13 Å². The van der Waals surface area contributed by atoms with Crippen LogP contribution >= 0.6 is 0 Å². The molecule has 0 saturated heterocycles. The molecule has 0 amide bonds. The Morgan fingerprint density at radius 3 is 1.04 bits per heavy atom. The van der Waals surface area contributed by atoms with Gasteiger partial charge >= 0.3 is 18.5 Å². The summed E-state index contributed by atoms with van der Waals surface area (Å²) in [5.41, 5.74) is 9.91. The minimum absolute atomic E-state index is 0.210. The van der Waals surface area contributed by atoms with Crippen molar-refractivity contribution in [3.63, 3.8) is 0 Å². The predicted molar refractivity (Wildman–Crippen MR) is 312 cm³/mol. The van der Waals surface area contributed by atoms with E-state index in [4.69, 9.17) is 6.57 Å². The van der Waals surface area contributed by atoms with Gasteiger partial charge in [0.15, 0.2) is 5.69 Å². The van der Waals surface area contributed by atoms with Gasteiger partial charge in [-0.25, -0.2) is 4.85 Å². The molecule has 0 atom stereocenters. The van der Waals surface area contributed by atoms with Gasteiger partial charge in [0.1, 0.15) is 0 Å². The van der Waals surface area contributed by atoms with Gasteiger partial charge in [0.2, 0.25) is 0 Å². The highest BCUT2D eigenvalue weighted by Crippen LogP contribution is 2.47. The Kier molecular flexibility index (Phi) is 12.8. The van der Waals surface area contributed by atoms with Gasteiger partial charge in [-0.2, -0.15) is 44.8 Å². The van der Waals surface area contributed by atoms with Gasteiger partial charge in [-0.15, -0.1) is 0 Å². The summed E-state index contributed by atoms with van der Waals surface area (Å²) in [6.07, 6.45) is -13.9. The highest BCUT2D eigenvalue weighted by molar-refractivity contribution is 6.14. The zero-order chi connectivity index (χ0) is 58.6. The molecule has 0 spiro atoms. The van der Waals surface area contributed by atoms with E-state index in [9.17, 15) is 44.8 Å². The summed E-state index contributed by atoms with van der Waals surface area (Å²) in [5, 5.41) is 12.6. The maximum absolute atomic E-state index is 14.4. The second kappa shape index (κ2) is 19.7. The molecular weight excluding hydrogens is 1070 g/mol. The standard InChI is InChI=1S/C70H45F9N4/c1-38-18-39(2)20-49(19-38)44-10-14-64-57(31-44)60-34-47(52-23-42(5)26-55(30-52)70(77,78)79)13-17-65(60)83(64)67-36-61(81-6)56(48-9-7-8-43(27-48)37-80)35-66(67)82-62-15-11-45(50-21-40(3)24-53(28-50)68(71,72)73)32-58(62)59-33-46(12-16-63(59)82)51-22-41(4)25-54(29-51)69(74,75)76/h7-36H,1-5H3. The predicted octanol–water partition coefficient (Wildman–Crippen LogP) is 21.2. The lowest BCUT2D eigenvalue weighted by molar-refractivity contribution is -0.138. The topological polar surface area (TPSA) is 38.0 Å². The van der Waals surface area contributed by atoms with E-state index in [1.54, 1.807) is 112 Å². The van der Waals surface area contributed by atoms with E-state index in [0.29, 0.717) is 105 Å². The third-order valence-electron chi connectivity index (χ3n) is 15.3. The first kappa shape index (κ1) is 53.8. The van der Waals surface area contributed by atoms with Crippen molar-refractivity contribution in [3.05, 3.63) is 243 Å². The van der Waals surface area contributed by atoms with Crippen molar-refractivity contribution in [2.45, 2.75) is 53.1 Å². The summed E-state index contributed by atoms with van der Waals surface area (Å²) in [7, 11) is 0. The minimum Gasteiger partial charge on any atom is -0.308 e. The summed E-state index contributed by atoms with van der Waals surface area (Å²) in [6, 6.07) is 52.5. The van der Waals surface area contributed by atoms with Crippen LogP contribution in [0.2, 0.25) is 0 Å².